The van der Waals surface area contributed by atoms with Crippen LogP contribution in [0.25, 0.3) is 0 Å². The van der Waals surface area contributed by atoms with Crippen molar-refractivity contribution in [2.75, 3.05) is 5.32 Å². The third kappa shape index (κ3) is 3.00. The summed E-state index contributed by atoms with van der Waals surface area (Å²) >= 11 is 11.6. The lowest BCUT2D eigenvalue weighted by molar-refractivity contribution is -0.385. The Morgan fingerprint density at radius 2 is 1.80 bits per heavy atom. The lowest BCUT2D eigenvalue weighted by Gasteiger charge is -2.10. The summed E-state index contributed by atoms with van der Waals surface area (Å²) in [5, 5.41) is 13.9. The van der Waals surface area contributed by atoms with E-state index in [4.69, 9.17) is 23.2 Å². The van der Waals surface area contributed by atoms with Gasteiger partial charge in [0.05, 0.1) is 26.2 Å². The van der Waals surface area contributed by atoms with Crippen LogP contribution in [0.15, 0.2) is 36.4 Å². The van der Waals surface area contributed by atoms with E-state index in [0.717, 1.165) is 0 Å². The molecule has 0 unspecified atom stereocenters. The number of nitrogens with one attached hydrogen (secondary N) is 1. The van der Waals surface area contributed by atoms with E-state index in [2.05, 4.69) is 5.32 Å². The van der Waals surface area contributed by atoms with Gasteiger partial charge in [0.25, 0.3) is 5.69 Å². The summed E-state index contributed by atoms with van der Waals surface area (Å²) in [6.07, 6.45) is 0. The van der Waals surface area contributed by atoms with Gasteiger partial charge in [-0.2, -0.15) is 0 Å². The highest BCUT2D eigenvalue weighted by Gasteiger charge is 2.17. The Labute approximate surface area is 124 Å². The fourth-order valence-electron chi connectivity index (χ4n) is 1.72. The van der Waals surface area contributed by atoms with Crippen LogP contribution in [0.1, 0.15) is 5.56 Å². The second-order valence-electron chi connectivity index (χ2n) is 3.95. The van der Waals surface area contributed by atoms with Crippen molar-refractivity contribution < 1.29 is 9.31 Å². The Hall–Kier alpha value is -1.85. The van der Waals surface area contributed by atoms with E-state index in [9.17, 15) is 14.5 Å². The van der Waals surface area contributed by atoms with Crippen LogP contribution in [0.3, 0.4) is 0 Å². The number of nitro groups is 1. The maximum absolute atomic E-state index is 13.7. The molecule has 104 valence electrons. The van der Waals surface area contributed by atoms with Gasteiger partial charge < -0.3 is 5.32 Å². The molecule has 0 radical (unpaired) electrons. The van der Waals surface area contributed by atoms with Crippen molar-refractivity contribution in [3.8, 4) is 0 Å². The number of benzene rings is 2. The maximum atomic E-state index is 13.7. The molecule has 0 aliphatic rings. The molecule has 0 atom stereocenters. The first-order chi connectivity index (χ1) is 9.50. The Balaban J connectivity index is 2.27. The third-order valence-electron chi connectivity index (χ3n) is 2.70. The molecule has 0 aromatic heterocycles. The summed E-state index contributed by atoms with van der Waals surface area (Å²) in [6.45, 7) is 0.0211. The smallest absolute Gasteiger partial charge is 0.275 e. The number of halogens is 3. The van der Waals surface area contributed by atoms with Gasteiger partial charge in [-0.1, -0.05) is 35.3 Å². The van der Waals surface area contributed by atoms with Gasteiger partial charge in [-0.3, -0.25) is 10.1 Å². The molecule has 0 heterocycles. The zero-order valence-electron chi connectivity index (χ0n) is 10.1. The standard InChI is InChI=1S/C13H9Cl2FN2O2/c14-9-3-2-6-12(18(19)20)8(9)7-17-11-5-1-4-10(15)13(11)16/h1-6,17H,7H2. The Bertz CT molecular complexity index is 665. The summed E-state index contributed by atoms with van der Waals surface area (Å²) < 4.78 is 13.7. The quantitative estimate of drug-likeness (QED) is 0.660. The summed E-state index contributed by atoms with van der Waals surface area (Å²) in [4.78, 5) is 10.4. The van der Waals surface area contributed by atoms with E-state index in [0.29, 0.717) is 5.56 Å². The van der Waals surface area contributed by atoms with Crippen molar-refractivity contribution in [3.63, 3.8) is 0 Å². The van der Waals surface area contributed by atoms with E-state index >= 15 is 0 Å². The fourth-order valence-corrected chi connectivity index (χ4v) is 2.13. The molecule has 0 bridgehead atoms. The molecular weight excluding hydrogens is 306 g/mol. The highest BCUT2D eigenvalue weighted by Crippen LogP contribution is 2.28. The van der Waals surface area contributed by atoms with Crippen LogP contribution in [-0.2, 0) is 6.54 Å². The molecule has 7 heteroatoms. The highest BCUT2D eigenvalue weighted by atomic mass is 35.5. The molecule has 2 rings (SSSR count). The van der Waals surface area contributed by atoms with Crippen LogP contribution in [0, 0.1) is 15.9 Å². The monoisotopic (exact) mass is 314 g/mol. The van der Waals surface area contributed by atoms with E-state index in [1.165, 1.54) is 24.3 Å². The van der Waals surface area contributed by atoms with E-state index in [-0.39, 0.29) is 28.0 Å². The minimum atomic E-state index is -0.608. The Kier molecular flexibility index (Phi) is 4.42. The molecule has 0 aliphatic carbocycles. The van der Waals surface area contributed by atoms with Gasteiger partial charge in [-0.05, 0) is 18.2 Å². The first-order valence-corrected chi connectivity index (χ1v) is 6.36. The van der Waals surface area contributed by atoms with Crippen molar-refractivity contribution in [2.45, 2.75) is 6.54 Å². The van der Waals surface area contributed by atoms with Crippen molar-refractivity contribution in [3.05, 3.63) is 67.9 Å². The minimum Gasteiger partial charge on any atom is -0.378 e. The van der Waals surface area contributed by atoms with Crippen LogP contribution in [0.4, 0.5) is 15.8 Å². The zero-order valence-corrected chi connectivity index (χ0v) is 11.6. The highest BCUT2D eigenvalue weighted by molar-refractivity contribution is 6.31. The molecule has 2 aromatic rings. The number of nitro benzene ring substituents is 1. The second-order valence-corrected chi connectivity index (χ2v) is 4.76. The normalized spacial score (nSPS) is 10.3. The molecule has 20 heavy (non-hydrogen) atoms. The topological polar surface area (TPSA) is 55.2 Å². The summed E-state index contributed by atoms with van der Waals surface area (Å²) in [6, 6.07) is 8.86. The van der Waals surface area contributed by atoms with Gasteiger partial charge in [-0.15, -0.1) is 0 Å². The van der Waals surface area contributed by atoms with Gasteiger partial charge in [0.15, 0.2) is 5.82 Å². The number of rotatable bonds is 4. The Morgan fingerprint density at radius 1 is 1.15 bits per heavy atom. The summed E-state index contributed by atoms with van der Waals surface area (Å²) in [5.41, 5.74) is 0.331. The molecule has 0 aliphatic heterocycles. The second kappa shape index (κ2) is 6.07. The lowest BCUT2D eigenvalue weighted by atomic mass is 10.1. The first-order valence-electron chi connectivity index (χ1n) is 5.60. The van der Waals surface area contributed by atoms with Crippen LogP contribution in [0.2, 0.25) is 10.0 Å². The summed E-state index contributed by atoms with van der Waals surface area (Å²) in [5.74, 6) is -0.608. The zero-order chi connectivity index (χ0) is 14.7. The molecular formula is C13H9Cl2FN2O2. The van der Waals surface area contributed by atoms with Gasteiger partial charge in [-0.25, -0.2) is 4.39 Å². The molecule has 0 amide bonds. The van der Waals surface area contributed by atoms with Crippen LogP contribution < -0.4 is 5.32 Å². The Morgan fingerprint density at radius 3 is 2.50 bits per heavy atom. The van der Waals surface area contributed by atoms with E-state index in [1.807, 2.05) is 0 Å². The van der Waals surface area contributed by atoms with Crippen LogP contribution >= 0.6 is 23.2 Å². The van der Waals surface area contributed by atoms with Crippen molar-refractivity contribution in [1.29, 1.82) is 0 Å². The SMILES string of the molecule is O=[N+]([O-])c1cccc(Cl)c1CNc1cccc(Cl)c1F. The lowest BCUT2D eigenvalue weighted by Crippen LogP contribution is -2.05. The number of nitrogens with zero attached hydrogens (tertiary/aromatic N) is 1. The first kappa shape index (κ1) is 14.6. The average molecular weight is 315 g/mol. The number of hydrogen-bond donors (Lipinski definition) is 1. The van der Waals surface area contributed by atoms with Crippen molar-refractivity contribution in [1.82, 2.24) is 0 Å². The molecule has 4 nitrogen and oxygen atoms in total. The van der Waals surface area contributed by atoms with Gasteiger partial charge in [0, 0.05) is 12.6 Å². The summed E-state index contributed by atoms with van der Waals surface area (Å²) in [7, 11) is 0. The minimum absolute atomic E-state index is 0.0211. The maximum Gasteiger partial charge on any atom is 0.275 e. The van der Waals surface area contributed by atoms with Gasteiger partial charge in [0.1, 0.15) is 0 Å². The van der Waals surface area contributed by atoms with Crippen LogP contribution in [-0.4, -0.2) is 4.92 Å². The van der Waals surface area contributed by atoms with E-state index in [1.54, 1.807) is 12.1 Å². The predicted molar refractivity (Wildman–Crippen MR) is 76.8 cm³/mol. The molecule has 2 aromatic carbocycles. The van der Waals surface area contributed by atoms with Gasteiger partial charge >= 0.3 is 0 Å². The molecule has 0 saturated heterocycles. The predicted octanol–water partition coefficient (Wildman–Crippen LogP) is 4.65. The average Bonchev–Trinajstić information content (AvgIpc) is 2.41. The van der Waals surface area contributed by atoms with E-state index < -0.39 is 10.7 Å². The van der Waals surface area contributed by atoms with Crippen LogP contribution in [0.5, 0.6) is 0 Å². The largest absolute Gasteiger partial charge is 0.378 e. The molecule has 0 fully saturated rings. The third-order valence-corrected chi connectivity index (χ3v) is 3.34. The molecule has 0 saturated carbocycles. The van der Waals surface area contributed by atoms with Crippen molar-refractivity contribution in [2.24, 2.45) is 0 Å². The fraction of sp³-hybridized carbons (Fsp3) is 0.0769. The molecule has 0 spiro atoms. The number of hydrogen-bond acceptors (Lipinski definition) is 3. The van der Waals surface area contributed by atoms with Gasteiger partial charge in [0.2, 0.25) is 0 Å². The van der Waals surface area contributed by atoms with Crippen molar-refractivity contribution >= 4 is 34.6 Å². The number of anilines is 1. The molecule has 1 N–H and O–H groups in total.